The second kappa shape index (κ2) is 6.54. The number of nitrogens with one attached hydrogen (secondary N) is 2. The molecule has 3 N–H and O–H groups in total. The van der Waals surface area contributed by atoms with Crippen LogP contribution in [0, 0.1) is 0 Å². The number of pyridine rings is 1. The monoisotopic (exact) mass is 257 g/mol. The lowest BCUT2D eigenvalue weighted by Crippen LogP contribution is -2.40. The van der Waals surface area contributed by atoms with E-state index in [0.717, 1.165) is 5.69 Å². The predicted octanol–water partition coefficient (Wildman–Crippen LogP) is -0.158. The number of rotatable bonds is 3. The Morgan fingerprint density at radius 2 is 2.41 bits per heavy atom. The van der Waals surface area contributed by atoms with Crippen LogP contribution < -0.4 is 10.6 Å². The Labute approximate surface area is 106 Å². The van der Waals surface area contributed by atoms with E-state index in [1.54, 1.807) is 6.20 Å². The molecule has 0 aliphatic carbocycles. The van der Waals surface area contributed by atoms with Gasteiger partial charge in [0.15, 0.2) is 0 Å². The summed E-state index contributed by atoms with van der Waals surface area (Å²) in [4.78, 5) is 15.8. The van der Waals surface area contributed by atoms with Gasteiger partial charge >= 0.3 is 0 Å². The van der Waals surface area contributed by atoms with Crippen LogP contribution in [0.25, 0.3) is 0 Å². The molecule has 0 aromatic carbocycles. The van der Waals surface area contributed by atoms with Crippen LogP contribution in [0.4, 0.5) is 0 Å². The minimum Gasteiger partial charge on any atom is -0.392 e. The van der Waals surface area contributed by atoms with Gasteiger partial charge in [-0.15, -0.1) is 12.4 Å². The van der Waals surface area contributed by atoms with Gasteiger partial charge in [-0.2, -0.15) is 0 Å². The van der Waals surface area contributed by atoms with E-state index in [9.17, 15) is 9.90 Å². The van der Waals surface area contributed by atoms with Crippen LogP contribution in [0.2, 0.25) is 0 Å². The molecule has 1 aliphatic rings. The maximum absolute atomic E-state index is 11.7. The minimum atomic E-state index is -0.411. The summed E-state index contributed by atoms with van der Waals surface area (Å²) in [6.07, 6.45) is 1.76. The molecular formula is C11H16ClN3O2. The minimum absolute atomic E-state index is 0. The Bertz CT molecular complexity index is 361. The van der Waals surface area contributed by atoms with Crippen molar-refractivity contribution in [2.24, 2.45) is 0 Å². The Morgan fingerprint density at radius 1 is 1.59 bits per heavy atom. The number of carbonyl (C=O) groups is 1. The van der Waals surface area contributed by atoms with Gasteiger partial charge in [0.2, 0.25) is 5.91 Å². The third-order valence-corrected chi connectivity index (χ3v) is 2.59. The van der Waals surface area contributed by atoms with Crippen molar-refractivity contribution in [1.29, 1.82) is 0 Å². The van der Waals surface area contributed by atoms with Crippen LogP contribution >= 0.6 is 12.4 Å². The third kappa shape index (κ3) is 3.96. The smallest absolute Gasteiger partial charge is 0.237 e. The van der Waals surface area contributed by atoms with Gasteiger partial charge in [-0.1, -0.05) is 6.07 Å². The van der Waals surface area contributed by atoms with Gasteiger partial charge < -0.3 is 15.7 Å². The van der Waals surface area contributed by atoms with Crippen molar-refractivity contribution in [3.05, 3.63) is 30.1 Å². The average Bonchev–Trinajstić information content (AvgIpc) is 2.74. The van der Waals surface area contributed by atoms with E-state index in [0.29, 0.717) is 19.5 Å². The summed E-state index contributed by atoms with van der Waals surface area (Å²) in [6, 6.07) is 5.29. The second-order valence-electron chi connectivity index (χ2n) is 3.89. The van der Waals surface area contributed by atoms with Gasteiger partial charge in [-0.25, -0.2) is 0 Å². The van der Waals surface area contributed by atoms with Crippen molar-refractivity contribution in [2.75, 3.05) is 6.54 Å². The molecule has 0 spiro atoms. The molecule has 2 heterocycles. The number of aromatic nitrogens is 1. The topological polar surface area (TPSA) is 74.2 Å². The highest BCUT2D eigenvalue weighted by molar-refractivity contribution is 5.85. The summed E-state index contributed by atoms with van der Waals surface area (Å²) in [5, 5.41) is 15.0. The van der Waals surface area contributed by atoms with Crippen LogP contribution in [-0.2, 0) is 11.3 Å². The first-order valence-corrected chi connectivity index (χ1v) is 5.35. The molecule has 6 heteroatoms. The predicted molar refractivity (Wildman–Crippen MR) is 65.7 cm³/mol. The molecule has 1 amide bonds. The number of hydrogen-bond donors (Lipinski definition) is 3. The molecule has 1 aliphatic heterocycles. The molecule has 5 nitrogen and oxygen atoms in total. The lowest BCUT2D eigenvalue weighted by molar-refractivity contribution is -0.123. The summed E-state index contributed by atoms with van der Waals surface area (Å²) >= 11 is 0. The number of hydrogen-bond acceptors (Lipinski definition) is 4. The fourth-order valence-corrected chi connectivity index (χ4v) is 1.72. The number of halogens is 1. The molecule has 0 bridgehead atoms. The van der Waals surface area contributed by atoms with Crippen LogP contribution in [0.1, 0.15) is 12.1 Å². The molecule has 0 saturated carbocycles. The van der Waals surface area contributed by atoms with E-state index < -0.39 is 6.10 Å². The molecule has 1 aromatic heterocycles. The van der Waals surface area contributed by atoms with Gasteiger partial charge in [-0.05, 0) is 18.6 Å². The normalized spacial score (nSPS) is 22.9. The van der Waals surface area contributed by atoms with Gasteiger partial charge in [0.1, 0.15) is 0 Å². The van der Waals surface area contributed by atoms with Crippen LogP contribution in [0.5, 0.6) is 0 Å². The van der Waals surface area contributed by atoms with Crippen molar-refractivity contribution in [2.45, 2.75) is 25.1 Å². The first-order chi connectivity index (χ1) is 7.75. The molecular weight excluding hydrogens is 242 g/mol. The Hall–Kier alpha value is -1.17. The lowest BCUT2D eigenvalue weighted by Gasteiger charge is -2.10. The van der Waals surface area contributed by atoms with Crippen molar-refractivity contribution >= 4 is 18.3 Å². The SMILES string of the molecule is Cl.O=C(NCc1ccccn1)C1CC(O)CN1. The molecule has 0 radical (unpaired) electrons. The highest BCUT2D eigenvalue weighted by atomic mass is 35.5. The molecule has 1 fully saturated rings. The zero-order valence-electron chi connectivity index (χ0n) is 9.30. The third-order valence-electron chi connectivity index (χ3n) is 2.59. The zero-order valence-corrected chi connectivity index (χ0v) is 10.1. The molecule has 2 rings (SSSR count). The standard InChI is InChI=1S/C11H15N3O2.ClH/c15-9-5-10(13-7-9)11(16)14-6-8-3-1-2-4-12-8;/h1-4,9-10,13,15H,5-7H2,(H,14,16);1H. The van der Waals surface area contributed by atoms with Gasteiger partial charge in [0, 0.05) is 12.7 Å². The quantitative estimate of drug-likeness (QED) is 0.704. The number of β-amino-alcohol motifs (C(OH)–C–C–N with tert-alkyl or cyclic N) is 1. The molecule has 2 unspecified atom stereocenters. The highest BCUT2D eigenvalue weighted by Crippen LogP contribution is 2.06. The first kappa shape index (κ1) is 13.9. The molecule has 2 atom stereocenters. The Kier molecular flexibility index (Phi) is 5.34. The summed E-state index contributed by atoms with van der Waals surface area (Å²) < 4.78 is 0. The summed E-state index contributed by atoms with van der Waals surface area (Å²) in [6.45, 7) is 0.912. The second-order valence-corrected chi connectivity index (χ2v) is 3.89. The number of aliphatic hydroxyl groups is 1. The van der Waals surface area contributed by atoms with Gasteiger partial charge in [0.25, 0.3) is 0 Å². The number of nitrogens with zero attached hydrogens (tertiary/aromatic N) is 1. The first-order valence-electron chi connectivity index (χ1n) is 5.35. The van der Waals surface area contributed by atoms with Crippen molar-refractivity contribution < 1.29 is 9.90 Å². The fraction of sp³-hybridized carbons (Fsp3) is 0.455. The fourth-order valence-electron chi connectivity index (χ4n) is 1.72. The summed E-state index contributed by atoms with van der Waals surface area (Å²) in [5.74, 6) is -0.0813. The van der Waals surface area contributed by atoms with Gasteiger partial charge in [0.05, 0.1) is 24.4 Å². The number of aliphatic hydroxyl groups excluding tert-OH is 1. The van der Waals surface area contributed by atoms with E-state index in [-0.39, 0.29) is 24.4 Å². The van der Waals surface area contributed by atoms with E-state index in [2.05, 4.69) is 15.6 Å². The number of amides is 1. The van der Waals surface area contributed by atoms with E-state index >= 15 is 0 Å². The lowest BCUT2D eigenvalue weighted by atomic mass is 10.2. The van der Waals surface area contributed by atoms with E-state index in [4.69, 9.17) is 0 Å². The average molecular weight is 258 g/mol. The van der Waals surface area contributed by atoms with E-state index in [1.165, 1.54) is 0 Å². The van der Waals surface area contributed by atoms with E-state index in [1.807, 2.05) is 18.2 Å². The van der Waals surface area contributed by atoms with Crippen LogP contribution in [0.3, 0.4) is 0 Å². The number of carbonyl (C=O) groups excluding carboxylic acids is 1. The summed E-state index contributed by atoms with van der Waals surface area (Å²) in [7, 11) is 0. The Balaban J connectivity index is 0.00000144. The largest absolute Gasteiger partial charge is 0.392 e. The molecule has 17 heavy (non-hydrogen) atoms. The maximum Gasteiger partial charge on any atom is 0.237 e. The van der Waals surface area contributed by atoms with Crippen molar-refractivity contribution in [3.63, 3.8) is 0 Å². The van der Waals surface area contributed by atoms with Crippen molar-refractivity contribution in [3.8, 4) is 0 Å². The Morgan fingerprint density at radius 3 is 3.00 bits per heavy atom. The summed E-state index contributed by atoms with van der Waals surface area (Å²) in [5.41, 5.74) is 0.828. The van der Waals surface area contributed by atoms with Crippen LogP contribution in [-0.4, -0.2) is 34.7 Å². The van der Waals surface area contributed by atoms with Crippen molar-refractivity contribution in [1.82, 2.24) is 15.6 Å². The molecule has 1 saturated heterocycles. The van der Waals surface area contributed by atoms with Gasteiger partial charge in [-0.3, -0.25) is 9.78 Å². The highest BCUT2D eigenvalue weighted by Gasteiger charge is 2.27. The van der Waals surface area contributed by atoms with Crippen LogP contribution in [0.15, 0.2) is 24.4 Å². The molecule has 1 aromatic rings. The molecule has 94 valence electrons. The maximum atomic E-state index is 11.7. The zero-order chi connectivity index (χ0) is 11.4.